The van der Waals surface area contributed by atoms with Crippen molar-refractivity contribution in [2.75, 3.05) is 19.8 Å². The van der Waals surface area contributed by atoms with Crippen LogP contribution in [0, 0.1) is 0 Å². The van der Waals surface area contributed by atoms with E-state index in [0.29, 0.717) is 5.56 Å². The summed E-state index contributed by atoms with van der Waals surface area (Å²) in [4.78, 5) is 47.0. The van der Waals surface area contributed by atoms with Crippen LogP contribution >= 0.6 is 0 Å². The van der Waals surface area contributed by atoms with Gasteiger partial charge in [0, 0.05) is 17.7 Å². The minimum atomic E-state index is -2.08. The number of carboxylic acids is 1. The van der Waals surface area contributed by atoms with Crippen molar-refractivity contribution in [3.63, 3.8) is 0 Å². The summed E-state index contributed by atoms with van der Waals surface area (Å²) in [6.45, 7) is -2.31. The highest BCUT2D eigenvalue weighted by Crippen LogP contribution is 2.42. The molecule has 0 amide bonds. The largest absolute Gasteiger partial charge is 0.510 e. The number of phenols is 3. The number of carbonyl (C=O) groups is 2. The van der Waals surface area contributed by atoms with E-state index in [1.54, 1.807) is 0 Å². The van der Waals surface area contributed by atoms with Crippen LogP contribution in [0.25, 0.3) is 28.7 Å². The van der Waals surface area contributed by atoms with Gasteiger partial charge in [-0.05, 0) is 48.0 Å². The third-order valence-electron chi connectivity index (χ3n) is 11.5. The molecule has 390 valence electrons. The molecular weight excluding hydrogens is 972 g/mol. The van der Waals surface area contributed by atoms with Crippen molar-refractivity contribution < 1.29 is 128 Å². The third kappa shape index (κ3) is 11.8. The van der Waals surface area contributed by atoms with E-state index in [1.807, 2.05) is 0 Å². The van der Waals surface area contributed by atoms with Crippen molar-refractivity contribution in [2.45, 2.75) is 98.5 Å². The zero-order valence-corrected chi connectivity index (χ0v) is 36.9. The van der Waals surface area contributed by atoms with Gasteiger partial charge in [-0.25, -0.2) is 0 Å². The number of aliphatic carboxylic acids is 1. The number of carbonyl (C=O) groups excluding carboxylic acids is 2. The minimum absolute atomic E-state index is 0.116. The van der Waals surface area contributed by atoms with Crippen LogP contribution in [-0.4, -0.2) is 206 Å². The summed E-state index contributed by atoms with van der Waals surface area (Å²) in [6, 6.07) is 10.2. The van der Waals surface area contributed by atoms with Crippen LogP contribution in [0.5, 0.6) is 34.5 Å². The van der Waals surface area contributed by atoms with Crippen LogP contribution in [0.1, 0.15) is 12.0 Å². The number of hydrogen-bond donors (Lipinski definition) is 14. The average Bonchev–Trinajstić information content (AvgIpc) is 3.34. The molecule has 5 aliphatic rings. The summed E-state index contributed by atoms with van der Waals surface area (Å²) in [6.07, 6.45) is -26.3. The number of ether oxygens (including phenoxy) is 8. The molecule has 0 unspecified atom stereocenters. The van der Waals surface area contributed by atoms with E-state index >= 15 is 0 Å². The molecule has 0 radical (unpaired) electrons. The number of carboxylic acid groups (broad SMARTS) is 1. The Labute approximate surface area is 403 Å². The van der Waals surface area contributed by atoms with E-state index < -0.39 is 170 Å². The monoisotopic (exact) mass is 1020 g/mol. The summed E-state index contributed by atoms with van der Waals surface area (Å²) in [5, 5.41) is 144. The lowest BCUT2D eigenvalue weighted by Gasteiger charge is -2.40. The molecule has 2 aromatic carbocycles. The SMILES string of the molecule is O=C(O)CC(=O)OC[C@@H]1O[C@@H](Oc2cc3c(=O)cc(O[C@@H]4O[C@H](COC(=[OH+])C=Cc5ccc(O)c(O)c5)[C@@H](O)[C@H](O)[C@@H]4O)cc-3oc2-c2ccc(O)c(O[C@@H]3O[C@@H](CO)[C@@H](O)[C@H](O)[C@@H]3O)c2)[C@H](O)[C@@H](O)[C@@H]1O. The van der Waals surface area contributed by atoms with E-state index in [2.05, 4.69) is 0 Å². The highest BCUT2D eigenvalue weighted by molar-refractivity contribution is 5.90. The molecule has 0 bridgehead atoms. The van der Waals surface area contributed by atoms with Gasteiger partial charge in [-0.3, -0.25) is 14.4 Å². The highest BCUT2D eigenvalue weighted by Gasteiger charge is 2.49. The Balaban J connectivity index is 1.19. The highest BCUT2D eigenvalue weighted by atomic mass is 16.7. The van der Waals surface area contributed by atoms with Gasteiger partial charge < -0.3 is 119 Å². The van der Waals surface area contributed by atoms with E-state index in [1.165, 1.54) is 30.3 Å². The van der Waals surface area contributed by atoms with Gasteiger partial charge in [0.15, 0.2) is 46.0 Å². The van der Waals surface area contributed by atoms with Gasteiger partial charge in [-0.1, -0.05) is 6.07 Å². The topological polar surface area (TPSA) is 443 Å². The van der Waals surface area contributed by atoms with Gasteiger partial charge in [-0.15, -0.1) is 0 Å². The minimum Gasteiger partial charge on any atom is -0.504 e. The molecule has 2 aromatic rings. The fraction of sp³-hybridized carbons (Fsp3) is 0.422. The van der Waals surface area contributed by atoms with Crippen LogP contribution in [0.4, 0.5) is 0 Å². The molecule has 3 fully saturated rings. The summed E-state index contributed by atoms with van der Waals surface area (Å²) in [7, 11) is 0. The van der Waals surface area contributed by atoms with Crippen LogP contribution in [0.15, 0.2) is 69.9 Å². The smallest absolute Gasteiger partial charge is 0.504 e. The van der Waals surface area contributed by atoms with Gasteiger partial charge >= 0.3 is 17.9 Å². The summed E-state index contributed by atoms with van der Waals surface area (Å²) >= 11 is 0. The van der Waals surface area contributed by atoms with Crippen molar-refractivity contribution in [1.82, 2.24) is 0 Å². The number of benzene rings is 3. The molecule has 15 atom stereocenters. The Hall–Kier alpha value is -6.70. The molecule has 0 aromatic heterocycles. The number of aliphatic hydroxyl groups is 10. The molecular formula is C45H49O27+. The van der Waals surface area contributed by atoms with Crippen molar-refractivity contribution in [1.29, 1.82) is 0 Å². The molecule has 0 spiro atoms. The molecule has 3 saturated heterocycles. The predicted octanol–water partition coefficient (Wildman–Crippen LogP) is -3.67. The fourth-order valence-corrected chi connectivity index (χ4v) is 7.50. The quantitative estimate of drug-likeness (QED) is 0.0169. The molecule has 1 aliphatic carbocycles. The van der Waals surface area contributed by atoms with Crippen LogP contribution in [0.3, 0.4) is 0 Å². The number of phenolic OH excluding ortho intramolecular Hbond substituents is 3. The molecule has 7 rings (SSSR count). The van der Waals surface area contributed by atoms with Crippen molar-refractivity contribution in [3.8, 4) is 57.1 Å². The van der Waals surface area contributed by atoms with E-state index in [-0.39, 0.29) is 28.4 Å². The molecule has 72 heavy (non-hydrogen) atoms. The lowest BCUT2D eigenvalue weighted by atomic mass is 9.99. The Morgan fingerprint density at radius 2 is 1.17 bits per heavy atom. The number of fused-ring (bicyclic) bond motifs is 1. The lowest BCUT2D eigenvalue weighted by molar-refractivity contribution is -0.278. The second-order valence-electron chi connectivity index (χ2n) is 16.5. The van der Waals surface area contributed by atoms with E-state index in [0.717, 1.165) is 36.4 Å². The maximum absolute atomic E-state index is 13.8. The van der Waals surface area contributed by atoms with Gasteiger partial charge in [0.2, 0.25) is 25.5 Å². The Morgan fingerprint density at radius 1 is 0.611 bits per heavy atom. The Bertz CT molecular complexity index is 2630. The first-order chi connectivity index (χ1) is 34.1. The second kappa shape index (κ2) is 22.4. The van der Waals surface area contributed by atoms with Crippen LogP contribution < -0.4 is 19.6 Å². The number of aromatic hydroxyl groups is 3. The number of esters is 2. The van der Waals surface area contributed by atoms with Gasteiger partial charge in [0.1, 0.15) is 91.7 Å². The Kier molecular flexibility index (Phi) is 16.5. The second-order valence-corrected chi connectivity index (χ2v) is 16.5. The lowest BCUT2D eigenvalue weighted by Crippen LogP contribution is -2.60. The first kappa shape index (κ1) is 53.1. The normalized spacial score (nSPS) is 30.7. The van der Waals surface area contributed by atoms with E-state index in [9.17, 15) is 85.6 Å². The maximum Gasteiger partial charge on any atom is 0.510 e. The van der Waals surface area contributed by atoms with Gasteiger partial charge in [0.25, 0.3) is 0 Å². The van der Waals surface area contributed by atoms with Gasteiger partial charge in [0.05, 0.1) is 18.2 Å². The molecule has 15 N–H and O–H groups in total. The van der Waals surface area contributed by atoms with Crippen LogP contribution in [0.2, 0.25) is 0 Å². The average molecular weight is 1020 g/mol. The maximum atomic E-state index is 13.8. The predicted molar refractivity (Wildman–Crippen MR) is 233 cm³/mol. The first-order valence-electron chi connectivity index (χ1n) is 21.5. The number of hydrogen-bond acceptors (Lipinski definition) is 25. The summed E-state index contributed by atoms with van der Waals surface area (Å²) in [5.74, 6) is -7.00. The molecule has 4 aliphatic heterocycles. The van der Waals surface area contributed by atoms with Crippen molar-refractivity contribution >= 4 is 24.0 Å². The summed E-state index contributed by atoms with van der Waals surface area (Å²) in [5.41, 5.74) is -0.954. The zero-order chi connectivity index (χ0) is 52.3. The van der Waals surface area contributed by atoms with Crippen molar-refractivity contribution in [2.24, 2.45) is 0 Å². The number of rotatable bonds is 16. The first-order valence-corrected chi connectivity index (χ1v) is 21.5. The third-order valence-corrected chi connectivity index (χ3v) is 11.5. The van der Waals surface area contributed by atoms with Crippen molar-refractivity contribution in [3.05, 3.63) is 76.5 Å². The molecule has 27 heteroatoms. The Morgan fingerprint density at radius 3 is 1.76 bits per heavy atom. The molecule has 4 heterocycles. The number of aliphatic hydroxyl groups excluding tert-OH is 10. The molecule has 27 nitrogen and oxygen atoms in total. The molecule has 0 saturated carbocycles. The standard InChI is InChI=1S/C45H48O27/c46-13-27-33(55)36(58)40(62)44(70-27)68-25-8-17(3-5-21(25)48)42-26(69-45-41(63)38(60)35(57)29(72-45)15-65-32(54)12-30(51)52)11-19-22(49)9-18(10-24(19)67-42)66-43-39(61)37(59)34(56)28(71-43)14-64-31(53)6-2-16-1-4-20(47)23(50)7-16/h1-11,27-29,33-41,43-48,50,55-63H,12-15H2,(H,51,52)/p+1/t27-,28+,29-,33+,34+,35+,36-,37-,38-,39-,40-,41+,43+,44+,45+/m0/s1. The van der Waals surface area contributed by atoms with Crippen LogP contribution in [-0.2, 0) is 33.3 Å². The van der Waals surface area contributed by atoms with E-state index in [4.69, 9.17) is 47.4 Å². The summed E-state index contributed by atoms with van der Waals surface area (Å²) < 4.78 is 50.4. The zero-order valence-electron chi connectivity index (χ0n) is 36.9. The fourth-order valence-electron chi connectivity index (χ4n) is 7.50. The van der Waals surface area contributed by atoms with Gasteiger partial charge in [-0.2, -0.15) is 0 Å².